The lowest BCUT2D eigenvalue weighted by Gasteiger charge is -2.10. The molecule has 0 aromatic heterocycles. The molecule has 2 aromatic carbocycles. The van der Waals surface area contributed by atoms with Crippen LogP contribution in [-0.2, 0) is 9.59 Å². The van der Waals surface area contributed by atoms with E-state index in [9.17, 15) is 14.4 Å². The van der Waals surface area contributed by atoms with Crippen LogP contribution in [0.5, 0.6) is 5.75 Å². The highest BCUT2D eigenvalue weighted by Gasteiger charge is 2.09. The molecular formula is C22H26ClN3O4. The molecule has 0 aliphatic carbocycles. The number of carbonyl (C=O) groups is 3. The smallest absolute Gasteiger partial charge is 0.251 e. The van der Waals surface area contributed by atoms with E-state index in [1.165, 1.54) is 0 Å². The molecule has 160 valence electrons. The van der Waals surface area contributed by atoms with Gasteiger partial charge in [-0.3, -0.25) is 25.2 Å². The van der Waals surface area contributed by atoms with E-state index in [0.717, 1.165) is 16.9 Å². The molecule has 30 heavy (non-hydrogen) atoms. The van der Waals surface area contributed by atoms with Crippen LogP contribution < -0.4 is 20.9 Å². The standard InChI is InChI=1S/C22H26ClN3O4/c1-15-6-3-4-7-18(15)22(29)24-12-11-21(28)26-25-20(27)8-5-13-30-19-10-9-17(23)14-16(19)2/h3-4,6-7,9-10,14H,5,8,11-13H2,1-2H3,(H,24,29)(H,25,27)(H,26,28). The fourth-order valence-electron chi connectivity index (χ4n) is 2.67. The molecule has 0 aliphatic heterocycles. The maximum absolute atomic E-state index is 12.1. The summed E-state index contributed by atoms with van der Waals surface area (Å²) in [6.07, 6.45) is 0.754. The number of amides is 3. The Hall–Kier alpha value is -3.06. The minimum Gasteiger partial charge on any atom is -0.493 e. The number of ether oxygens (including phenoxy) is 1. The van der Waals surface area contributed by atoms with Gasteiger partial charge in [-0.05, 0) is 55.7 Å². The van der Waals surface area contributed by atoms with Gasteiger partial charge in [0.15, 0.2) is 0 Å². The predicted molar refractivity (Wildman–Crippen MR) is 115 cm³/mol. The third-order valence-corrected chi connectivity index (χ3v) is 4.55. The van der Waals surface area contributed by atoms with Gasteiger partial charge in [0.2, 0.25) is 11.8 Å². The molecule has 2 rings (SSSR count). The summed E-state index contributed by atoms with van der Waals surface area (Å²) in [5.74, 6) is -0.216. The van der Waals surface area contributed by atoms with Crippen LogP contribution in [0.15, 0.2) is 42.5 Å². The molecule has 0 heterocycles. The first kappa shape index (κ1) is 23.2. The van der Waals surface area contributed by atoms with Crippen molar-refractivity contribution in [3.05, 3.63) is 64.2 Å². The first-order valence-corrected chi connectivity index (χ1v) is 10.0. The van der Waals surface area contributed by atoms with Gasteiger partial charge in [0.1, 0.15) is 5.75 Å². The summed E-state index contributed by atoms with van der Waals surface area (Å²) in [5.41, 5.74) is 7.05. The van der Waals surface area contributed by atoms with Crippen LogP contribution in [0.4, 0.5) is 0 Å². The van der Waals surface area contributed by atoms with E-state index < -0.39 is 0 Å². The largest absolute Gasteiger partial charge is 0.493 e. The van der Waals surface area contributed by atoms with Crippen LogP contribution in [0.25, 0.3) is 0 Å². The molecule has 0 bridgehead atoms. The highest BCUT2D eigenvalue weighted by Crippen LogP contribution is 2.21. The lowest BCUT2D eigenvalue weighted by Crippen LogP contribution is -2.42. The van der Waals surface area contributed by atoms with Crippen molar-refractivity contribution in [2.75, 3.05) is 13.2 Å². The van der Waals surface area contributed by atoms with Crippen molar-refractivity contribution in [2.24, 2.45) is 0 Å². The van der Waals surface area contributed by atoms with Gasteiger partial charge in [-0.15, -0.1) is 0 Å². The van der Waals surface area contributed by atoms with E-state index in [0.29, 0.717) is 23.6 Å². The third-order valence-electron chi connectivity index (χ3n) is 4.31. The number of rotatable bonds is 9. The SMILES string of the molecule is Cc1cc(Cl)ccc1OCCCC(=O)NNC(=O)CCNC(=O)c1ccccc1C. The number of hydrogen-bond donors (Lipinski definition) is 3. The van der Waals surface area contributed by atoms with Crippen LogP contribution in [0.2, 0.25) is 5.02 Å². The summed E-state index contributed by atoms with van der Waals surface area (Å²) >= 11 is 5.90. The Morgan fingerprint density at radius 3 is 2.33 bits per heavy atom. The van der Waals surface area contributed by atoms with Crippen LogP contribution >= 0.6 is 11.6 Å². The molecular weight excluding hydrogens is 406 g/mol. The Bertz CT molecular complexity index is 902. The van der Waals surface area contributed by atoms with E-state index >= 15 is 0 Å². The van der Waals surface area contributed by atoms with Crippen LogP contribution in [0.3, 0.4) is 0 Å². The van der Waals surface area contributed by atoms with Crippen molar-refractivity contribution >= 4 is 29.3 Å². The summed E-state index contributed by atoms with van der Waals surface area (Å²) in [5, 5.41) is 3.33. The van der Waals surface area contributed by atoms with Gasteiger partial charge in [-0.25, -0.2) is 0 Å². The summed E-state index contributed by atoms with van der Waals surface area (Å²) in [7, 11) is 0. The first-order valence-electron chi connectivity index (χ1n) is 9.67. The first-order chi connectivity index (χ1) is 14.4. The predicted octanol–water partition coefficient (Wildman–Crippen LogP) is 3.08. The second-order valence-electron chi connectivity index (χ2n) is 6.78. The van der Waals surface area contributed by atoms with Crippen molar-refractivity contribution in [1.82, 2.24) is 16.2 Å². The number of carbonyl (C=O) groups excluding carboxylic acids is 3. The van der Waals surface area contributed by atoms with Crippen molar-refractivity contribution in [3.63, 3.8) is 0 Å². The molecule has 0 atom stereocenters. The molecule has 0 radical (unpaired) electrons. The maximum Gasteiger partial charge on any atom is 0.251 e. The quantitative estimate of drug-likeness (QED) is 0.420. The Labute approximate surface area is 181 Å². The van der Waals surface area contributed by atoms with Crippen LogP contribution in [0.1, 0.15) is 40.7 Å². The Kier molecular flexibility index (Phi) is 9.15. The second kappa shape index (κ2) is 11.8. The molecule has 0 saturated heterocycles. The summed E-state index contributed by atoms with van der Waals surface area (Å²) in [6, 6.07) is 12.6. The summed E-state index contributed by atoms with van der Waals surface area (Å²) in [4.78, 5) is 35.7. The highest BCUT2D eigenvalue weighted by atomic mass is 35.5. The number of hydrogen-bond acceptors (Lipinski definition) is 4. The zero-order valence-corrected chi connectivity index (χ0v) is 17.8. The highest BCUT2D eigenvalue weighted by molar-refractivity contribution is 6.30. The fraction of sp³-hybridized carbons (Fsp3) is 0.318. The number of hydrazine groups is 1. The minimum absolute atomic E-state index is 0.0524. The molecule has 8 heteroatoms. The zero-order chi connectivity index (χ0) is 21.9. The normalized spacial score (nSPS) is 10.2. The molecule has 7 nitrogen and oxygen atoms in total. The van der Waals surface area contributed by atoms with Crippen LogP contribution in [-0.4, -0.2) is 30.9 Å². The van der Waals surface area contributed by atoms with Gasteiger partial charge >= 0.3 is 0 Å². The van der Waals surface area contributed by atoms with Gasteiger partial charge in [-0.1, -0.05) is 29.8 Å². The molecule has 0 fully saturated rings. The van der Waals surface area contributed by atoms with Gasteiger partial charge in [0, 0.05) is 30.0 Å². The molecule has 0 aliphatic rings. The van der Waals surface area contributed by atoms with Gasteiger partial charge < -0.3 is 10.1 Å². The average molecular weight is 432 g/mol. The van der Waals surface area contributed by atoms with Gasteiger partial charge in [0.25, 0.3) is 5.91 Å². The molecule has 3 N–H and O–H groups in total. The molecule has 0 unspecified atom stereocenters. The monoisotopic (exact) mass is 431 g/mol. The van der Waals surface area contributed by atoms with Crippen LogP contribution in [0, 0.1) is 13.8 Å². The second-order valence-corrected chi connectivity index (χ2v) is 7.22. The number of halogens is 1. The van der Waals surface area contributed by atoms with Crippen molar-refractivity contribution in [1.29, 1.82) is 0 Å². The fourth-order valence-corrected chi connectivity index (χ4v) is 2.89. The summed E-state index contributed by atoms with van der Waals surface area (Å²) in [6.45, 7) is 4.28. The van der Waals surface area contributed by atoms with Crippen molar-refractivity contribution in [3.8, 4) is 5.75 Å². The third kappa shape index (κ3) is 7.75. The van der Waals surface area contributed by atoms with E-state index in [-0.39, 0.29) is 37.1 Å². The van der Waals surface area contributed by atoms with Crippen molar-refractivity contribution in [2.45, 2.75) is 33.1 Å². The lowest BCUT2D eigenvalue weighted by molar-refractivity contribution is -0.128. The number of benzene rings is 2. The molecule has 2 aromatic rings. The zero-order valence-electron chi connectivity index (χ0n) is 17.1. The Morgan fingerprint density at radius 2 is 1.63 bits per heavy atom. The van der Waals surface area contributed by atoms with E-state index in [2.05, 4.69) is 16.2 Å². The van der Waals surface area contributed by atoms with Crippen molar-refractivity contribution < 1.29 is 19.1 Å². The summed E-state index contributed by atoms with van der Waals surface area (Å²) < 4.78 is 5.62. The molecule has 0 spiro atoms. The number of aryl methyl sites for hydroxylation is 2. The lowest BCUT2D eigenvalue weighted by atomic mass is 10.1. The maximum atomic E-state index is 12.1. The van der Waals surface area contributed by atoms with E-state index in [1.54, 1.807) is 24.3 Å². The van der Waals surface area contributed by atoms with Gasteiger partial charge in [-0.2, -0.15) is 0 Å². The molecule has 0 saturated carbocycles. The molecule has 3 amide bonds. The van der Waals surface area contributed by atoms with E-state index in [1.807, 2.05) is 32.0 Å². The Balaban J connectivity index is 1.57. The van der Waals surface area contributed by atoms with E-state index in [4.69, 9.17) is 16.3 Å². The minimum atomic E-state index is -0.388. The Morgan fingerprint density at radius 1 is 0.933 bits per heavy atom. The topological polar surface area (TPSA) is 96.5 Å². The van der Waals surface area contributed by atoms with Gasteiger partial charge in [0.05, 0.1) is 6.61 Å². The number of nitrogens with one attached hydrogen (secondary N) is 3. The average Bonchev–Trinajstić information content (AvgIpc) is 2.71.